The molecule has 3 aliphatic rings. The third-order valence-corrected chi connectivity index (χ3v) is 8.35. The maximum absolute atomic E-state index is 14.1. The molecule has 7 rings (SSSR count). The Morgan fingerprint density at radius 3 is 2.90 bits per heavy atom. The van der Waals surface area contributed by atoms with Gasteiger partial charge < -0.3 is 15.2 Å². The van der Waals surface area contributed by atoms with E-state index in [1.165, 1.54) is 12.1 Å². The highest BCUT2D eigenvalue weighted by Gasteiger charge is 2.34. The summed E-state index contributed by atoms with van der Waals surface area (Å²) in [5.74, 6) is 1.14. The zero-order valence-corrected chi connectivity index (χ0v) is 22.6. The molecule has 0 aliphatic carbocycles. The number of urea groups is 1. The van der Waals surface area contributed by atoms with E-state index in [2.05, 4.69) is 40.6 Å². The molecule has 4 aromatic rings. The summed E-state index contributed by atoms with van der Waals surface area (Å²) in [6.07, 6.45) is 3.95. The maximum Gasteiger partial charge on any atom is 0.317 e. The lowest BCUT2D eigenvalue weighted by molar-refractivity contribution is 0.0128. The molecule has 1 unspecified atom stereocenters. The van der Waals surface area contributed by atoms with Gasteiger partial charge >= 0.3 is 6.03 Å². The SMILES string of the molecule is NC(=O)Nc1nc2cc(/C=C3\c4ccccc4COc4cc(F)ccc43)ccc2cc1CC1C[C@@H]2COCCN2C1. The highest BCUT2D eigenvalue weighted by molar-refractivity contribution is 5.96. The third-order valence-electron chi connectivity index (χ3n) is 8.35. The number of ether oxygens (including phenoxy) is 2. The normalized spacial score (nSPS) is 21.0. The number of hydrogen-bond donors (Lipinski definition) is 2. The second-order valence-electron chi connectivity index (χ2n) is 11.1. The molecule has 7 nitrogen and oxygen atoms in total. The molecule has 1 aromatic heterocycles. The van der Waals surface area contributed by atoms with Gasteiger partial charge in [-0.25, -0.2) is 14.2 Å². The Balaban J connectivity index is 1.27. The van der Waals surface area contributed by atoms with Crippen LogP contribution in [0.5, 0.6) is 5.75 Å². The van der Waals surface area contributed by atoms with Crippen LogP contribution in [-0.4, -0.2) is 48.3 Å². The summed E-state index contributed by atoms with van der Waals surface area (Å²) in [5.41, 5.74) is 12.1. The predicted octanol–water partition coefficient (Wildman–Crippen LogP) is 5.61. The predicted molar refractivity (Wildman–Crippen MR) is 157 cm³/mol. The van der Waals surface area contributed by atoms with Crippen LogP contribution in [0.4, 0.5) is 15.0 Å². The number of pyridine rings is 1. The molecule has 0 spiro atoms. The summed E-state index contributed by atoms with van der Waals surface area (Å²) < 4.78 is 25.8. The number of rotatable bonds is 4. The van der Waals surface area contributed by atoms with Crippen LogP contribution in [0.25, 0.3) is 22.6 Å². The van der Waals surface area contributed by atoms with E-state index in [1.807, 2.05) is 24.3 Å². The average Bonchev–Trinajstić information content (AvgIpc) is 3.31. The number of halogens is 1. The smallest absolute Gasteiger partial charge is 0.317 e. The van der Waals surface area contributed by atoms with Gasteiger partial charge in [-0.05, 0) is 76.9 Å². The molecule has 41 heavy (non-hydrogen) atoms. The van der Waals surface area contributed by atoms with Crippen LogP contribution in [-0.2, 0) is 17.8 Å². The zero-order valence-electron chi connectivity index (χ0n) is 22.6. The molecule has 2 amide bonds. The van der Waals surface area contributed by atoms with Crippen LogP contribution in [0, 0.1) is 11.7 Å². The molecule has 4 heterocycles. The van der Waals surface area contributed by atoms with Gasteiger partial charge in [0, 0.05) is 36.1 Å². The molecule has 2 atom stereocenters. The Morgan fingerprint density at radius 1 is 1.12 bits per heavy atom. The average molecular weight is 551 g/mol. The van der Waals surface area contributed by atoms with Crippen molar-refractivity contribution in [3.8, 4) is 5.75 Å². The number of carbonyl (C=O) groups excluding carboxylic acids is 1. The molecule has 0 radical (unpaired) electrons. The first-order valence-corrected chi connectivity index (χ1v) is 14.0. The molecule has 208 valence electrons. The fourth-order valence-electron chi connectivity index (χ4n) is 6.46. The molecule has 2 fully saturated rings. The van der Waals surface area contributed by atoms with Crippen molar-refractivity contribution < 1.29 is 18.7 Å². The molecule has 0 saturated carbocycles. The van der Waals surface area contributed by atoms with Crippen molar-refractivity contribution in [1.82, 2.24) is 9.88 Å². The number of nitrogens with two attached hydrogens (primary N) is 1. The highest BCUT2D eigenvalue weighted by Crippen LogP contribution is 2.39. The number of benzene rings is 3. The largest absolute Gasteiger partial charge is 0.488 e. The zero-order chi connectivity index (χ0) is 27.9. The number of hydrogen-bond acceptors (Lipinski definition) is 5. The first kappa shape index (κ1) is 25.7. The van der Waals surface area contributed by atoms with Crippen molar-refractivity contribution in [2.24, 2.45) is 11.7 Å². The number of nitrogens with one attached hydrogen (secondary N) is 1. The van der Waals surface area contributed by atoms with Crippen molar-refractivity contribution in [2.75, 3.05) is 31.6 Å². The van der Waals surface area contributed by atoms with Crippen LogP contribution in [0.1, 0.15) is 34.2 Å². The van der Waals surface area contributed by atoms with E-state index in [4.69, 9.17) is 20.2 Å². The van der Waals surface area contributed by atoms with Gasteiger partial charge in [-0.15, -0.1) is 0 Å². The second-order valence-corrected chi connectivity index (χ2v) is 11.1. The van der Waals surface area contributed by atoms with Crippen molar-refractivity contribution >= 4 is 34.4 Å². The number of primary amides is 1. The van der Waals surface area contributed by atoms with Crippen LogP contribution >= 0.6 is 0 Å². The number of anilines is 1. The minimum atomic E-state index is -0.632. The number of nitrogens with zero attached hydrogens (tertiary/aromatic N) is 2. The summed E-state index contributed by atoms with van der Waals surface area (Å²) in [7, 11) is 0. The lowest BCUT2D eigenvalue weighted by Crippen LogP contribution is -2.40. The van der Waals surface area contributed by atoms with Gasteiger partial charge in [0.05, 0.1) is 18.7 Å². The number of amides is 2. The van der Waals surface area contributed by atoms with Crippen LogP contribution in [0.2, 0.25) is 0 Å². The van der Waals surface area contributed by atoms with Crippen molar-refractivity contribution in [3.05, 3.63) is 100 Å². The lowest BCUT2D eigenvalue weighted by atomic mass is 9.92. The monoisotopic (exact) mass is 550 g/mol. The Hall–Kier alpha value is -4.27. The van der Waals surface area contributed by atoms with E-state index < -0.39 is 6.03 Å². The Kier molecular flexibility index (Phi) is 6.65. The van der Waals surface area contributed by atoms with E-state index in [9.17, 15) is 9.18 Å². The van der Waals surface area contributed by atoms with E-state index in [1.54, 1.807) is 6.07 Å². The van der Waals surface area contributed by atoms with Crippen molar-refractivity contribution in [2.45, 2.75) is 25.5 Å². The van der Waals surface area contributed by atoms with E-state index in [-0.39, 0.29) is 5.82 Å². The number of aromatic nitrogens is 1. The molecule has 2 saturated heterocycles. The molecule has 3 aromatic carbocycles. The first-order chi connectivity index (χ1) is 20.0. The van der Waals surface area contributed by atoms with Gasteiger partial charge in [-0.3, -0.25) is 10.2 Å². The van der Waals surface area contributed by atoms with E-state index in [0.29, 0.717) is 30.1 Å². The number of carbonyl (C=O) groups is 1. The Morgan fingerprint density at radius 2 is 2.02 bits per heavy atom. The van der Waals surface area contributed by atoms with Gasteiger partial charge in [-0.2, -0.15) is 0 Å². The van der Waals surface area contributed by atoms with Gasteiger partial charge in [-0.1, -0.05) is 36.4 Å². The van der Waals surface area contributed by atoms with Gasteiger partial charge in [0.15, 0.2) is 0 Å². The molecule has 3 aliphatic heterocycles. The second kappa shape index (κ2) is 10.6. The topological polar surface area (TPSA) is 89.7 Å². The summed E-state index contributed by atoms with van der Waals surface area (Å²) in [6.45, 7) is 3.92. The Bertz CT molecular complexity index is 1670. The van der Waals surface area contributed by atoms with Crippen molar-refractivity contribution in [3.63, 3.8) is 0 Å². The minimum absolute atomic E-state index is 0.337. The van der Waals surface area contributed by atoms with Crippen molar-refractivity contribution in [1.29, 1.82) is 0 Å². The number of morpholine rings is 1. The third kappa shape index (κ3) is 5.16. The minimum Gasteiger partial charge on any atom is -0.488 e. The summed E-state index contributed by atoms with van der Waals surface area (Å²) >= 11 is 0. The first-order valence-electron chi connectivity index (χ1n) is 14.0. The summed E-state index contributed by atoms with van der Waals surface area (Å²) in [5, 5.41) is 3.75. The fraction of sp³-hybridized carbons (Fsp3) is 0.273. The number of fused-ring (bicyclic) bond motifs is 4. The van der Waals surface area contributed by atoms with Gasteiger partial charge in [0.2, 0.25) is 0 Å². The summed E-state index contributed by atoms with van der Waals surface area (Å²) in [4.78, 5) is 19.3. The highest BCUT2D eigenvalue weighted by atomic mass is 19.1. The maximum atomic E-state index is 14.1. The standard InChI is InChI=1S/C33H31FN4O3/c34-25-7-8-28-29(27-4-2-1-3-23(27)18-41-31(28)16-25)13-20-5-6-22-15-24(32(37-33(35)39)36-30(22)14-20)11-21-12-26-19-40-10-9-38(26)17-21/h1-8,13-16,21,26H,9-12,17-19H2,(H3,35,36,37,39)/b29-13+/t21?,26-/m1/s1. The molecule has 8 heteroatoms. The fourth-order valence-corrected chi connectivity index (χ4v) is 6.46. The van der Waals surface area contributed by atoms with Crippen LogP contribution in [0.3, 0.4) is 0 Å². The quantitative estimate of drug-likeness (QED) is 0.345. The van der Waals surface area contributed by atoms with E-state index in [0.717, 1.165) is 83.4 Å². The lowest BCUT2D eigenvalue weighted by Gasteiger charge is -2.28. The summed E-state index contributed by atoms with van der Waals surface area (Å²) in [6, 6.07) is 20.8. The van der Waals surface area contributed by atoms with E-state index >= 15 is 0 Å². The molecule has 0 bridgehead atoms. The molecule has 3 N–H and O–H groups in total. The Labute approximate surface area is 237 Å². The van der Waals surface area contributed by atoms with Crippen LogP contribution in [0.15, 0.2) is 66.7 Å². The molecular formula is C33H31FN4O3. The van der Waals surface area contributed by atoms with Gasteiger partial charge in [0.1, 0.15) is 24.0 Å². The van der Waals surface area contributed by atoms with Crippen LogP contribution < -0.4 is 15.8 Å². The molecular weight excluding hydrogens is 519 g/mol. The van der Waals surface area contributed by atoms with Gasteiger partial charge in [0.25, 0.3) is 0 Å².